The Morgan fingerprint density at radius 2 is 1.96 bits per heavy atom. The smallest absolute Gasteiger partial charge is 0.408 e. The third-order valence-electron chi connectivity index (χ3n) is 8.13. The van der Waals surface area contributed by atoms with E-state index in [-0.39, 0.29) is 19.6 Å². The Labute approximate surface area is 264 Å². The van der Waals surface area contributed by atoms with Gasteiger partial charge in [-0.3, -0.25) is 9.59 Å². The number of unbranched alkanes of at least 4 members (excludes halogenated alkanes) is 3. The van der Waals surface area contributed by atoms with Crippen molar-refractivity contribution < 1.29 is 38.1 Å². The van der Waals surface area contributed by atoms with E-state index in [2.05, 4.69) is 11.9 Å². The van der Waals surface area contributed by atoms with Gasteiger partial charge in [-0.1, -0.05) is 37.1 Å². The van der Waals surface area contributed by atoms with Crippen molar-refractivity contribution in [3.05, 3.63) is 48.2 Å². The zero-order valence-corrected chi connectivity index (χ0v) is 27.0. The van der Waals surface area contributed by atoms with Crippen LogP contribution in [-0.4, -0.2) is 70.8 Å². The Kier molecular flexibility index (Phi) is 10.7. The normalized spacial score (nSPS) is 19.8. The average molecular weight is 624 g/mol. The second kappa shape index (κ2) is 14.3. The number of likely N-dealkylation sites (tertiary alicyclic amines) is 1. The minimum absolute atomic E-state index is 0.0740. The molecule has 0 radical (unpaired) electrons. The van der Waals surface area contributed by atoms with Crippen molar-refractivity contribution in [1.82, 2.24) is 15.2 Å². The lowest BCUT2D eigenvalue weighted by Crippen LogP contribution is -2.53. The van der Waals surface area contributed by atoms with Gasteiger partial charge < -0.3 is 29.2 Å². The summed E-state index contributed by atoms with van der Waals surface area (Å²) in [7, 11) is 1.29. The van der Waals surface area contributed by atoms with Gasteiger partial charge >= 0.3 is 18.0 Å². The molecule has 0 unspecified atom stereocenters. The number of aryl methyl sites for hydroxylation is 1. The first-order valence-electron chi connectivity index (χ1n) is 15.6. The fourth-order valence-electron chi connectivity index (χ4n) is 6.08. The van der Waals surface area contributed by atoms with Crippen molar-refractivity contribution in [3.63, 3.8) is 0 Å². The summed E-state index contributed by atoms with van der Waals surface area (Å²) >= 11 is 0. The average Bonchev–Trinajstić information content (AvgIpc) is 3.35. The van der Waals surface area contributed by atoms with Crippen molar-refractivity contribution in [2.45, 2.75) is 109 Å². The zero-order valence-electron chi connectivity index (χ0n) is 27.0. The van der Waals surface area contributed by atoms with E-state index in [4.69, 9.17) is 23.9 Å². The first kappa shape index (κ1) is 33.7. The molecule has 1 spiro atoms. The van der Waals surface area contributed by atoms with Crippen molar-refractivity contribution in [2.75, 3.05) is 13.7 Å². The molecule has 0 bridgehead atoms. The summed E-state index contributed by atoms with van der Waals surface area (Å²) in [6, 6.07) is 5.87. The SMILES string of the molecule is C=CCCCCC[C@H](NC(=O)OC(C)(C)C)C(=O)N1C[C@]2(CCc3c(c(COC(C)=O)nc4ccccc34)O2)C[C@H]1C(=O)OC. The molecular formula is C34H45N3O8. The number of nitrogens with zero attached hydrogens (tertiary/aromatic N) is 2. The number of rotatable bonds is 11. The number of methoxy groups -OCH3 is 1. The van der Waals surface area contributed by atoms with Crippen LogP contribution in [0.15, 0.2) is 36.9 Å². The molecule has 2 aliphatic rings. The number of pyridine rings is 1. The summed E-state index contributed by atoms with van der Waals surface area (Å²) in [5, 5.41) is 3.69. The molecule has 3 heterocycles. The van der Waals surface area contributed by atoms with E-state index in [1.807, 2.05) is 30.3 Å². The second-order valence-corrected chi connectivity index (χ2v) is 12.8. The second-order valence-electron chi connectivity index (χ2n) is 12.8. The highest BCUT2D eigenvalue weighted by Crippen LogP contribution is 2.45. The van der Waals surface area contributed by atoms with Gasteiger partial charge in [-0.05, 0) is 58.9 Å². The number of ether oxygens (including phenoxy) is 4. The fourth-order valence-corrected chi connectivity index (χ4v) is 6.08. The third kappa shape index (κ3) is 8.32. The van der Waals surface area contributed by atoms with Gasteiger partial charge in [0.15, 0.2) is 0 Å². The Hall–Kier alpha value is -4.15. The number of carbonyl (C=O) groups excluding carboxylic acids is 4. The molecule has 1 aromatic heterocycles. The summed E-state index contributed by atoms with van der Waals surface area (Å²) < 4.78 is 22.7. The van der Waals surface area contributed by atoms with Gasteiger partial charge in [0.2, 0.25) is 5.91 Å². The largest absolute Gasteiger partial charge is 0.483 e. The van der Waals surface area contributed by atoms with Crippen LogP contribution in [0.4, 0.5) is 4.79 Å². The molecule has 1 aromatic carbocycles. The van der Waals surface area contributed by atoms with E-state index in [9.17, 15) is 19.2 Å². The molecule has 2 aromatic rings. The Morgan fingerprint density at radius 1 is 1.20 bits per heavy atom. The van der Waals surface area contributed by atoms with Crippen LogP contribution >= 0.6 is 0 Å². The van der Waals surface area contributed by atoms with Crippen molar-refractivity contribution >= 4 is 34.8 Å². The number of carbonyl (C=O) groups is 4. The Bertz CT molecular complexity index is 1430. The van der Waals surface area contributed by atoms with Crippen molar-refractivity contribution in [3.8, 4) is 5.75 Å². The molecule has 45 heavy (non-hydrogen) atoms. The summed E-state index contributed by atoms with van der Waals surface area (Å²) in [4.78, 5) is 58.0. The topological polar surface area (TPSA) is 133 Å². The van der Waals surface area contributed by atoms with Crippen LogP contribution in [0.5, 0.6) is 5.75 Å². The molecule has 0 aliphatic carbocycles. The minimum atomic E-state index is -0.920. The lowest BCUT2D eigenvalue weighted by molar-refractivity contribution is -0.151. The van der Waals surface area contributed by atoms with Crippen LogP contribution in [0.25, 0.3) is 10.9 Å². The van der Waals surface area contributed by atoms with E-state index in [0.717, 1.165) is 35.7 Å². The number of alkyl carbamates (subject to hydrolysis) is 1. The number of allylic oxidation sites excluding steroid dienone is 1. The van der Waals surface area contributed by atoms with Gasteiger partial charge in [-0.2, -0.15) is 0 Å². The van der Waals surface area contributed by atoms with Gasteiger partial charge in [0.05, 0.1) is 19.2 Å². The molecule has 3 atom stereocenters. The van der Waals surface area contributed by atoms with Crippen molar-refractivity contribution in [2.24, 2.45) is 0 Å². The molecule has 1 saturated heterocycles. The van der Waals surface area contributed by atoms with E-state index in [1.165, 1.54) is 18.9 Å². The molecule has 1 N–H and O–H groups in total. The number of amides is 2. The van der Waals surface area contributed by atoms with E-state index in [1.54, 1.807) is 20.8 Å². The Balaban J connectivity index is 1.64. The summed E-state index contributed by atoms with van der Waals surface area (Å²) in [5.74, 6) is -0.901. The predicted octanol–water partition coefficient (Wildman–Crippen LogP) is 5.17. The molecule has 11 heteroatoms. The number of para-hydroxylation sites is 1. The quantitative estimate of drug-likeness (QED) is 0.156. The van der Waals surface area contributed by atoms with Gasteiger partial charge in [-0.15, -0.1) is 6.58 Å². The maximum atomic E-state index is 14.2. The van der Waals surface area contributed by atoms with Crippen LogP contribution in [0.1, 0.15) is 83.9 Å². The lowest BCUT2D eigenvalue weighted by Gasteiger charge is -2.37. The van der Waals surface area contributed by atoms with E-state index < -0.39 is 47.2 Å². The molecule has 244 valence electrons. The van der Waals surface area contributed by atoms with Gasteiger partial charge in [0.1, 0.15) is 41.3 Å². The molecule has 0 saturated carbocycles. The highest BCUT2D eigenvalue weighted by molar-refractivity contribution is 5.91. The van der Waals surface area contributed by atoms with Crippen LogP contribution in [-0.2, 0) is 41.6 Å². The van der Waals surface area contributed by atoms with Gasteiger partial charge in [0.25, 0.3) is 0 Å². The van der Waals surface area contributed by atoms with Crippen LogP contribution < -0.4 is 10.1 Å². The fraction of sp³-hybridized carbons (Fsp3) is 0.559. The number of hydrogen-bond acceptors (Lipinski definition) is 9. The number of nitrogens with one attached hydrogen (secondary N) is 1. The molecule has 11 nitrogen and oxygen atoms in total. The highest BCUT2D eigenvalue weighted by atomic mass is 16.6. The Morgan fingerprint density at radius 3 is 2.64 bits per heavy atom. The number of esters is 2. The van der Waals surface area contributed by atoms with Crippen LogP contribution in [0, 0.1) is 0 Å². The lowest BCUT2D eigenvalue weighted by atomic mass is 9.87. The molecule has 4 rings (SSSR count). The van der Waals surface area contributed by atoms with E-state index in [0.29, 0.717) is 37.1 Å². The number of hydrogen-bond donors (Lipinski definition) is 1. The third-order valence-corrected chi connectivity index (χ3v) is 8.13. The first-order valence-corrected chi connectivity index (χ1v) is 15.6. The monoisotopic (exact) mass is 623 g/mol. The number of aromatic nitrogens is 1. The van der Waals surface area contributed by atoms with Crippen LogP contribution in [0.2, 0.25) is 0 Å². The predicted molar refractivity (Wildman–Crippen MR) is 167 cm³/mol. The molecule has 2 amide bonds. The standard InChI is InChI=1S/C34H45N3O8/c1-7-8-9-10-11-16-26(36-32(41)45-33(3,4)5)30(39)37-21-34(19-28(37)31(40)42-6)18-17-24-23-14-12-13-15-25(23)35-27(29(24)44-34)20-43-22(2)38/h7,12-15,26,28H,1,8-11,16-21H2,2-6H3,(H,36,41)/t26-,28-,34-/m0/s1. The molecular weight excluding hydrogens is 578 g/mol. The minimum Gasteiger partial charge on any atom is -0.483 e. The molecule has 2 aliphatic heterocycles. The maximum Gasteiger partial charge on any atom is 0.408 e. The maximum absolute atomic E-state index is 14.2. The van der Waals surface area contributed by atoms with Gasteiger partial charge in [-0.25, -0.2) is 14.6 Å². The van der Waals surface area contributed by atoms with Gasteiger partial charge in [0, 0.05) is 24.3 Å². The van der Waals surface area contributed by atoms with Crippen molar-refractivity contribution in [1.29, 1.82) is 0 Å². The number of fused-ring (bicyclic) bond motifs is 3. The first-order chi connectivity index (χ1) is 21.4. The molecule has 1 fully saturated rings. The number of benzene rings is 1. The van der Waals surface area contributed by atoms with Crippen LogP contribution in [0.3, 0.4) is 0 Å². The summed E-state index contributed by atoms with van der Waals surface area (Å²) in [6.07, 6.45) is 6.17. The highest BCUT2D eigenvalue weighted by Gasteiger charge is 2.53. The van der Waals surface area contributed by atoms with E-state index >= 15 is 0 Å². The zero-order chi connectivity index (χ0) is 32.8. The summed E-state index contributed by atoms with van der Waals surface area (Å²) in [5.41, 5.74) is 0.506. The summed E-state index contributed by atoms with van der Waals surface area (Å²) in [6.45, 7) is 10.4.